The number of imidazole rings is 1. The molecule has 5 heterocycles. The second kappa shape index (κ2) is 36.5. The lowest BCUT2D eigenvalue weighted by Gasteiger charge is -2.31. The number of aromatic hydroxyl groups is 1. The van der Waals surface area contributed by atoms with Crippen LogP contribution in [0.15, 0.2) is 36.8 Å². The van der Waals surface area contributed by atoms with Crippen molar-refractivity contribution in [3.05, 3.63) is 48.0 Å². The first kappa shape index (κ1) is 75.7. The summed E-state index contributed by atoms with van der Waals surface area (Å²) in [4.78, 5) is 216. The highest BCUT2D eigenvalue weighted by Gasteiger charge is 2.44. The van der Waals surface area contributed by atoms with Gasteiger partial charge in [-0.2, -0.15) is 0 Å². The summed E-state index contributed by atoms with van der Waals surface area (Å²) in [6.45, 7) is 4.71. The monoisotopic (exact) mass is 1400 g/mol. The zero-order valence-corrected chi connectivity index (χ0v) is 55.6. The number of benzene rings is 1. The molecular weight excluding hydrogens is 1320 g/mol. The standard InChI is InChI=1S/C57H81N17O17S4/c1-26(2)13-34-51(85)71-39-23-95-93-22-38(49(83)62-18-44(79)65-35(14-28-5-7-30(75)8-6-28)52(86)66-33(50(84)67-34)9-11-42(58)77)70-54(88)40(72-56(90)46(27(3)4)73-45(80)19-61-48(82)32-10-12-43(78)64-32)24-94-92-21-37(47(59)81)69-55(89)41-16-31(76)20-74(41)57(91)36(68-53(39)87)15-29-17-60-25-63-29/h5-8,17,25-27,31-41,46,75-76H,9-16,18-24H2,1-4H3,(H2,58,77)(H2,59,81)(H,60,63)(H,61,82)(H,62,83)(H,64,78)(H,65,79)(H,66,86)(H,67,84)(H,68,87)(H,69,89)(H,70,88)(H,71,85)(H,72,90)(H,73,80)/t31-,32+,33+,34+,35+,36+,37+,38+,39+,40+,41+,46+/m1/s1. The number of aliphatic hydroxyl groups excluding tert-OH is 1. The SMILES string of the molecule is CC(C)C[C@@H]1NC(=O)[C@H](CCC(N)=O)NC(=O)[C@H](Cc2ccc(O)cc2)NC(=O)CNC(=O)[C@@H]2CSSC[C@H](NC1=O)C(=O)N[C@@H](Cc1cnc[nH]1)C(=O)N1C[C@H](O)C[C@H]1C(=O)N[C@H](C(N)=O)CSSC[C@H](NC(=O)[C@@H](NC(=O)CNC(=O)[C@@H]1CCC(=O)N1)C(C)C)C(=O)N2. The number of aromatic amines is 1. The maximum Gasteiger partial charge on any atom is 0.246 e. The van der Waals surface area contributed by atoms with Crippen LogP contribution < -0.4 is 75.3 Å². The summed E-state index contributed by atoms with van der Waals surface area (Å²) in [5.74, 6) is -16.0. The second-order valence-electron chi connectivity index (χ2n) is 23.7. The van der Waals surface area contributed by atoms with Crippen molar-refractivity contribution < 1.29 is 82.1 Å². The van der Waals surface area contributed by atoms with Gasteiger partial charge in [-0.15, -0.1) is 0 Å². The molecule has 4 saturated heterocycles. The van der Waals surface area contributed by atoms with Crippen molar-refractivity contribution in [2.75, 3.05) is 42.6 Å². The third-order valence-electron chi connectivity index (χ3n) is 15.2. The third kappa shape index (κ3) is 23.8. The number of primary amides is 2. The molecule has 1 aromatic heterocycles. The van der Waals surface area contributed by atoms with Crippen molar-refractivity contribution in [1.29, 1.82) is 0 Å². The molecule has 12 atom stereocenters. The molecule has 4 aliphatic rings. The number of nitrogens with zero attached hydrogens (tertiary/aromatic N) is 2. The van der Waals surface area contributed by atoms with E-state index in [2.05, 4.69) is 73.8 Å². The van der Waals surface area contributed by atoms with E-state index in [0.717, 1.165) is 48.1 Å². The molecule has 0 aliphatic carbocycles. The normalized spacial score (nSPS) is 26.3. The Morgan fingerprint density at radius 2 is 1.32 bits per heavy atom. The highest BCUT2D eigenvalue weighted by molar-refractivity contribution is 8.77. The molecule has 15 amide bonds. The molecule has 34 nitrogen and oxygen atoms in total. The predicted octanol–water partition coefficient (Wildman–Crippen LogP) is -6.02. The quantitative estimate of drug-likeness (QED) is 0.0656. The number of rotatable bonds is 17. The fourth-order valence-electron chi connectivity index (χ4n) is 10.2. The van der Waals surface area contributed by atoms with E-state index in [-0.39, 0.29) is 73.4 Å². The Bertz CT molecular complexity index is 3150. The van der Waals surface area contributed by atoms with Gasteiger partial charge in [0.2, 0.25) is 88.6 Å². The number of aliphatic hydroxyl groups is 1. The van der Waals surface area contributed by atoms with Gasteiger partial charge in [-0.1, -0.05) is 83.0 Å². The van der Waals surface area contributed by atoms with Gasteiger partial charge >= 0.3 is 0 Å². The predicted molar refractivity (Wildman–Crippen MR) is 347 cm³/mol. The average Bonchev–Trinajstić information content (AvgIpc) is 1.71. The zero-order valence-electron chi connectivity index (χ0n) is 52.4. The van der Waals surface area contributed by atoms with Crippen LogP contribution in [0.2, 0.25) is 0 Å². The second-order valence-corrected chi connectivity index (χ2v) is 28.8. The number of carbonyl (C=O) groups excluding carboxylic acids is 15. The number of phenols is 1. The van der Waals surface area contributed by atoms with Crippen LogP contribution in [0.25, 0.3) is 0 Å². The molecule has 0 spiro atoms. The Kier molecular flexibility index (Phi) is 29.1. The summed E-state index contributed by atoms with van der Waals surface area (Å²) in [6.07, 6.45) is -0.170. The fraction of sp³-hybridized carbons (Fsp3) is 0.579. The van der Waals surface area contributed by atoms with Crippen LogP contribution >= 0.6 is 43.2 Å². The van der Waals surface area contributed by atoms with Crippen molar-refractivity contribution in [3.8, 4) is 5.75 Å². The lowest BCUT2D eigenvalue weighted by Crippen LogP contribution is -2.61. The average molecular weight is 1400 g/mol. The Labute approximate surface area is 561 Å². The van der Waals surface area contributed by atoms with E-state index < -0.39 is 199 Å². The first-order chi connectivity index (χ1) is 45.0. The number of hydrogen-bond acceptors (Lipinski definition) is 22. The van der Waals surface area contributed by atoms with E-state index in [9.17, 15) is 82.1 Å². The van der Waals surface area contributed by atoms with E-state index in [4.69, 9.17) is 11.5 Å². The highest BCUT2D eigenvalue weighted by Crippen LogP contribution is 2.27. The van der Waals surface area contributed by atoms with Gasteiger partial charge in [0, 0.05) is 73.6 Å². The van der Waals surface area contributed by atoms with Crippen molar-refractivity contribution in [2.24, 2.45) is 23.3 Å². The summed E-state index contributed by atoms with van der Waals surface area (Å²) in [7, 11) is 3.56. The van der Waals surface area contributed by atoms with Gasteiger partial charge in [0.05, 0.1) is 25.5 Å². The Morgan fingerprint density at radius 3 is 1.95 bits per heavy atom. The van der Waals surface area contributed by atoms with Gasteiger partial charge in [0.15, 0.2) is 0 Å². The Balaban J connectivity index is 1.41. The van der Waals surface area contributed by atoms with Crippen LogP contribution in [-0.4, -0.2) is 229 Å². The van der Waals surface area contributed by atoms with Crippen LogP contribution in [0.5, 0.6) is 5.75 Å². The van der Waals surface area contributed by atoms with Gasteiger partial charge in [-0.05, 0) is 48.8 Å². The number of aromatic nitrogens is 2. The number of phenolic OH excluding ortho intramolecular Hbond substituents is 1. The number of fused-ring (bicyclic) bond motifs is 6. The molecule has 95 heavy (non-hydrogen) atoms. The molecular formula is C57H81N17O17S4. The zero-order chi connectivity index (χ0) is 69.6. The fourth-order valence-corrected chi connectivity index (χ4v) is 14.8. The molecule has 520 valence electrons. The molecule has 4 aliphatic heterocycles. The van der Waals surface area contributed by atoms with Crippen LogP contribution in [0.1, 0.15) is 77.5 Å². The van der Waals surface area contributed by atoms with Crippen molar-refractivity contribution in [3.63, 3.8) is 0 Å². The number of amides is 15. The Hall–Kier alpha value is -8.36. The molecule has 0 saturated carbocycles. The molecule has 0 radical (unpaired) electrons. The van der Waals surface area contributed by atoms with Crippen molar-refractivity contribution >= 4 is 132 Å². The van der Waals surface area contributed by atoms with E-state index in [1.54, 1.807) is 27.7 Å². The van der Waals surface area contributed by atoms with E-state index >= 15 is 0 Å². The Morgan fingerprint density at radius 1 is 0.684 bits per heavy atom. The van der Waals surface area contributed by atoms with Crippen molar-refractivity contribution in [2.45, 2.75) is 152 Å². The minimum atomic E-state index is -1.64. The lowest BCUT2D eigenvalue weighted by molar-refractivity contribution is -0.142. The van der Waals surface area contributed by atoms with Crippen LogP contribution in [0.4, 0.5) is 0 Å². The highest BCUT2D eigenvalue weighted by atomic mass is 33.1. The third-order valence-corrected chi connectivity index (χ3v) is 20.1. The van der Waals surface area contributed by atoms with E-state index in [1.807, 2.05) is 0 Å². The van der Waals surface area contributed by atoms with Crippen molar-refractivity contribution in [1.82, 2.24) is 78.7 Å². The van der Waals surface area contributed by atoms with E-state index in [1.165, 1.54) is 36.8 Å². The maximum absolute atomic E-state index is 14.9. The molecule has 38 heteroatoms. The lowest BCUT2D eigenvalue weighted by atomic mass is 10.0. The maximum atomic E-state index is 14.9. The summed E-state index contributed by atoms with van der Waals surface area (Å²) in [5.41, 5.74) is 12.0. The molecule has 1 aromatic carbocycles. The molecule has 0 unspecified atom stereocenters. The molecule has 19 N–H and O–H groups in total. The van der Waals surface area contributed by atoms with Gasteiger partial charge in [-0.25, -0.2) is 4.98 Å². The summed E-state index contributed by atoms with van der Waals surface area (Å²) >= 11 is 0. The van der Waals surface area contributed by atoms with Gasteiger partial charge in [0.1, 0.15) is 72.2 Å². The number of hydrogen-bond donors (Lipinski definition) is 17. The number of nitrogens with one attached hydrogen (secondary N) is 13. The minimum absolute atomic E-state index is 0.0903. The molecule has 4 fully saturated rings. The van der Waals surface area contributed by atoms with Gasteiger partial charge in [-0.3, -0.25) is 71.9 Å². The summed E-state index contributed by atoms with van der Waals surface area (Å²) < 4.78 is 0. The minimum Gasteiger partial charge on any atom is -0.508 e. The first-order valence-corrected chi connectivity index (χ1v) is 35.4. The topological polar surface area (TPSA) is 525 Å². The number of carbonyl (C=O) groups is 15. The van der Waals surface area contributed by atoms with Crippen LogP contribution in [0, 0.1) is 11.8 Å². The molecule has 6 rings (SSSR count). The van der Waals surface area contributed by atoms with Crippen LogP contribution in [-0.2, 0) is 84.8 Å². The number of H-pyrrole nitrogens is 1. The van der Waals surface area contributed by atoms with Crippen LogP contribution in [0.3, 0.4) is 0 Å². The number of nitrogens with two attached hydrogens (primary N) is 2. The van der Waals surface area contributed by atoms with Gasteiger partial charge < -0.3 is 95.4 Å². The first-order valence-electron chi connectivity index (χ1n) is 30.4. The largest absolute Gasteiger partial charge is 0.508 e. The molecule has 2 bridgehead atoms. The summed E-state index contributed by atoms with van der Waals surface area (Å²) in [5, 5.41) is 51.7. The van der Waals surface area contributed by atoms with E-state index in [0.29, 0.717) is 11.3 Å². The summed E-state index contributed by atoms with van der Waals surface area (Å²) in [6, 6.07) is -10.7. The smallest absolute Gasteiger partial charge is 0.246 e. The molecule has 2 aromatic rings. The van der Waals surface area contributed by atoms with Gasteiger partial charge in [0.25, 0.3) is 0 Å².